The van der Waals surface area contributed by atoms with Gasteiger partial charge in [0.15, 0.2) is 23.0 Å². The third kappa shape index (κ3) is 3.16. The summed E-state index contributed by atoms with van der Waals surface area (Å²) in [6.45, 7) is 0. The number of benzene rings is 2. The van der Waals surface area contributed by atoms with Crippen LogP contribution in [0.1, 0.15) is 15.9 Å². The summed E-state index contributed by atoms with van der Waals surface area (Å²) in [5.74, 6) is -2.18. The molecule has 0 saturated heterocycles. The maximum atomic E-state index is 12.1. The Morgan fingerprint density at radius 3 is 2.54 bits per heavy atom. The van der Waals surface area contributed by atoms with Gasteiger partial charge in [0.05, 0.1) is 18.9 Å². The topological polar surface area (TPSA) is 111 Å². The van der Waals surface area contributed by atoms with Crippen molar-refractivity contribution in [3.63, 3.8) is 0 Å². The van der Waals surface area contributed by atoms with Crippen LogP contribution < -0.4 is 10.2 Å². The molecule has 0 aliphatic rings. The zero-order valence-electron chi connectivity index (χ0n) is 13.6. The zero-order valence-corrected chi connectivity index (χ0v) is 13.6. The molecule has 0 aromatic heterocycles. The fraction of sp³-hybridized carbons (Fsp3) is 0.0526. The quantitative estimate of drug-likeness (QED) is 0.328. The Bertz CT molecular complexity index is 991. The summed E-state index contributed by atoms with van der Waals surface area (Å²) in [5.41, 5.74) is 2.82. The number of hydrazone groups is 1. The van der Waals surface area contributed by atoms with Crippen molar-refractivity contribution in [2.45, 2.75) is 0 Å². The van der Waals surface area contributed by atoms with Crippen molar-refractivity contribution in [2.75, 3.05) is 7.11 Å². The molecule has 7 heteroatoms. The number of aromatic hydroxyl groups is 3. The van der Waals surface area contributed by atoms with Gasteiger partial charge in [0.25, 0.3) is 5.91 Å². The molecule has 3 aromatic rings. The monoisotopic (exact) mass is 350 g/mol. The Morgan fingerprint density at radius 2 is 1.85 bits per heavy atom. The summed E-state index contributed by atoms with van der Waals surface area (Å²) < 4.78 is 5.26. The number of ether oxygens (including phenoxy) is 1. The number of nitrogens with zero attached hydrogens (tertiary/aromatic N) is 1. The van der Waals surface area contributed by atoms with Crippen molar-refractivity contribution >= 4 is 22.9 Å². The molecular weight excluding hydrogens is 336 g/mol. The highest BCUT2D eigenvalue weighted by atomic mass is 16.5. The summed E-state index contributed by atoms with van der Waals surface area (Å²) in [5, 5.41) is 33.8. The summed E-state index contributed by atoms with van der Waals surface area (Å²) in [7, 11) is 1.49. The summed E-state index contributed by atoms with van der Waals surface area (Å²) in [4.78, 5) is 12.1. The third-order valence-electron chi connectivity index (χ3n) is 3.67. The molecule has 0 spiro atoms. The molecule has 0 heterocycles. The van der Waals surface area contributed by atoms with Gasteiger partial charge >= 0.3 is 0 Å². The Kier molecular flexibility index (Phi) is 4.50. The standard InChI is InChI=1S/C19H14N2O5/c1-26-17-7-6-11-4-2-3-5-13(11)14(17)10-20-21-19(25)12-8-15(22)18(24)16(23)9-12/h2-5,8-10,22-24H,1H3,(H,21,25)/b20-10+. The molecule has 0 aliphatic carbocycles. The van der Waals surface area contributed by atoms with E-state index in [0.29, 0.717) is 11.3 Å². The first kappa shape index (κ1) is 16.9. The average Bonchev–Trinajstić information content (AvgIpc) is 2.65. The Morgan fingerprint density at radius 1 is 1.15 bits per heavy atom. The van der Waals surface area contributed by atoms with Crippen LogP contribution in [-0.2, 0) is 0 Å². The number of nitrogens with one attached hydrogen (secondary N) is 1. The fourth-order valence-corrected chi connectivity index (χ4v) is 2.39. The van der Waals surface area contributed by atoms with Gasteiger partial charge < -0.3 is 20.1 Å². The van der Waals surface area contributed by atoms with Gasteiger partial charge in [-0.15, -0.1) is 0 Å². The Balaban J connectivity index is 1.87. The lowest BCUT2D eigenvalue weighted by atomic mass is 10.1. The highest BCUT2D eigenvalue weighted by Crippen LogP contribution is 2.35. The molecule has 26 heavy (non-hydrogen) atoms. The Labute approximate surface area is 148 Å². The van der Waals surface area contributed by atoms with Gasteiger partial charge in [-0.05, 0) is 24.3 Å². The first-order valence-corrected chi connectivity index (χ1v) is 7.49. The van der Waals surface area contributed by atoms with Crippen LogP contribution >= 0.6 is 0 Å². The molecular formula is C19H14N2O5. The van der Waals surface area contributed by atoms with E-state index in [9.17, 15) is 20.1 Å². The number of hydrogen-bond acceptors (Lipinski definition) is 6. The van der Waals surface area contributed by atoms with Crippen molar-refractivity contribution in [1.29, 1.82) is 0 Å². The van der Waals surface area contributed by atoms with Gasteiger partial charge in [0, 0.05) is 16.3 Å². The smallest absolute Gasteiger partial charge is 0.271 e. The molecule has 0 atom stereocenters. The Hall–Kier alpha value is -3.92. The normalized spacial score (nSPS) is 10.7. The molecule has 4 N–H and O–H groups in total. The van der Waals surface area contributed by atoms with Crippen molar-refractivity contribution in [3.05, 3.63) is 59.7 Å². The zero-order chi connectivity index (χ0) is 18.7. The van der Waals surface area contributed by atoms with Crippen LogP contribution in [0.3, 0.4) is 0 Å². The van der Waals surface area contributed by atoms with Gasteiger partial charge in [0.2, 0.25) is 0 Å². The number of fused-ring (bicyclic) bond motifs is 1. The van der Waals surface area contributed by atoms with Gasteiger partial charge in [-0.1, -0.05) is 24.3 Å². The minimum atomic E-state index is -0.697. The molecule has 0 fully saturated rings. The summed E-state index contributed by atoms with van der Waals surface area (Å²) >= 11 is 0. The second-order valence-corrected chi connectivity index (χ2v) is 5.30. The highest BCUT2D eigenvalue weighted by Gasteiger charge is 2.13. The lowest BCUT2D eigenvalue weighted by Gasteiger charge is -2.06. The predicted octanol–water partition coefficient (Wildman–Crippen LogP) is 2.33. The molecule has 7 nitrogen and oxygen atoms in total. The van der Waals surface area contributed by atoms with E-state index in [-0.39, 0.29) is 5.56 Å². The molecule has 0 saturated carbocycles. The van der Waals surface area contributed by atoms with E-state index in [0.717, 1.165) is 22.9 Å². The number of rotatable bonds is 4. The predicted molar refractivity (Wildman–Crippen MR) is 94.7 cm³/mol. The maximum Gasteiger partial charge on any atom is 0.271 e. The number of carbonyl (C=O) groups excluding carboxylic acids is 1. The third-order valence-corrected chi connectivity index (χ3v) is 3.67. The number of phenolic OH excluding ortho intramolecular Hbond substituents is 3. The SMILES string of the molecule is COc1c#cc2ccccc2c1/C=N/NC(=O)c1cc(O)c(O)c(O)c1. The number of methoxy groups -OCH3 is 1. The van der Waals surface area contributed by atoms with Crippen LogP contribution in [0.5, 0.6) is 23.0 Å². The van der Waals surface area contributed by atoms with E-state index in [1.807, 2.05) is 24.3 Å². The van der Waals surface area contributed by atoms with Crippen LogP contribution in [0.2, 0.25) is 0 Å². The summed E-state index contributed by atoms with van der Waals surface area (Å²) in [6.07, 6.45) is 1.41. The number of carbonyl (C=O) groups is 1. The van der Waals surface area contributed by atoms with E-state index >= 15 is 0 Å². The number of amides is 1. The van der Waals surface area contributed by atoms with Crippen LogP contribution in [0.15, 0.2) is 41.5 Å². The van der Waals surface area contributed by atoms with Crippen LogP contribution in [0.4, 0.5) is 0 Å². The van der Waals surface area contributed by atoms with Crippen molar-refractivity contribution in [3.8, 4) is 23.0 Å². The molecule has 0 unspecified atom stereocenters. The van der Waals surface area contributed by atoms with E-state index in [4.69, 9.17) is 4.74 Å². The molecule has 0 bridgehead atoms. The summed E-state index contributed by atoms with van der Waals surface area (Å²) in [6, 6.07) is 15.3. The second kappa shape index (κ2) is 6.91. The molecule has 3 rings (SSSR count). The molecule has 0 radical (unpaired) electrons. The van der Waals surface area contributed by atoms with Crippen molar-refractivity contribution < 1.29 is 24.9 Å². The van der Waals surface area contributed by atoms with E-state index < -0.39 is 23.2 Å². The van der Waals surface area contributed by atoms with Crippen molar-refractivity contribution in [2.24, 2.45) is 5.10 Å². The van der Waals surface area contributed by atoms with Crippen LogP contribution in [0, 0.1) is 12.1 Å². The van der Waals surface area contributed by atoms with E-state index in [1.165, 1.54) is 13.3 Å². The molecule has 130 valence electrons. The van der Waals surface area contributed by atoms with Gasteiger partial charge in [0.1, 0.15) is 0 Å². The molecule has 0 aliphatic heterocycles. The lowest BCUT2D eigenvalue weighted by Crippen LogP contribution is -2.17. The van der Waals surface area contributed by atoms with Crippen LogP contribution in [-0.4, -0.2) is 34.6 Å². The number of hydrogen-bond donors (Lipinski definition) is 4. The maximum absolute atomic E-state index is 12.1. The van der Waals surface area contributed by atoms with E-state index in [1.54, 1.807) is 0 Å². The van der Waals surface area contributed by atoms with E-state index in [2.05, 4.69) is 22.7 Å². The molecule has 1 amide bonds. The average molecular weight is 350 g/mol. The van der Waals surface area contributed by atoms with Gasteiger partial charge in [-0.25, -0.2) is 5.43 Å². The van der Waals surface area contributed by atoms with Gasteiger partial charge in [-0.2, -0.15) is 5.10 Å². The van der Waals surface area contributed by atoms with Crippen LogP contribution in [0.25, 0.3) is 10.8 Å². The minimum absolute atomic E-state index is 0.0697. The van der Waals surface area contributed by atoms with Crippen molar-refractivity contribution in [1.82, 2.24) is 5.43 Å². The molecule has 3 aromatic carbocycles. The first-order chi connectivity index (χ1) is 12.5. The largest absolute Gasteiger partial charge is 0.504 e. The lowest BCUT2D eigenvalue weighted by molar-refractivity contribution is 0.0954. The minimum Gasteiger partial charge on any atom is -0.504 e. The number of phenols is 3. The highest BCUT2D eigenvalue weighted by molar-refractivity contribution is 6.02. The first-order valence-electron chi connectivity index (χ1n) is 7.49. The fourth-order valence-electron chi connectivity index (χ4n) is 2.39. The second-order valence-electron chi connectivity index (χ2n) is 5.30. The van der Waals surface area contributed by atoms with Gasteiger partial charge in [-0.3, -0.25) is 4.79 Å².